The molecule has 2 rings (SSSR count). The fraction of sp³-hybridized carbons (Fsp3) is 0.647. The zero-order valence-electron chi connectivity index (χ0n) is 12.9. The molecule has 1 aromatic carbocycles. The molecule has 0 spiro atoms. The second kappa shape index (κ2) is 7.65. The minimum absolute atomic E-state index is 0.328. The molecule has 1 aliphatic heterocycles. The molecule has 20 heavy (non-hydrogen) atoms. The van der Waals surface area contributed by atoms with Crippen LogP contribution in [0.3, 0.4) is 0 Å². The third-order valence-electron chi connectivity index (χ3n) is 4.01. The Labute approximate surface area is 122 Å². The molecule has 2 unspecified atom stereocenters. The molecule has 0 aromatic heterocycles. The van der Waals surface area contributed by atoms with E-state index >= 15 is 0 Å². The number of methoxy groups -OCH3 is 1. The molecule has 0 amide bonds. The van der Waals surface area contributed by atoms with Crippen molar-refractivity contribution in [2.24, 2.45) is 0 Å². The first-order chi connectivity index (χ1) is 9.74. The van der Waals surface area contributed by atoms with E-state index in [0.29, 0.717) is 12.1 Å². The summed E-state index contributed by atoms with van der Waals surface area (Å²) in [4.78, 5) is 0. The summed E-state index contributed by atoms with van der Waals surface area (Å²) in [6.07, 6.45) is 4.92. The molecular weight excluding hydrogens is 250 g/mol. The van der Waals surface area contributed by atoms with Gasteiger partial charge in [-0.3, -0.25) is 0 Å². The summed E-state index contributed by atoms with van der Waals surface area (Å²) in [6, 6.07) is 6.76. The molecule has 3 nitrogen and oxygen atoms in total. The van der Waals surface area contributed by atoms with Gasteiger partial charge in [-0.15, -0.1) is 0 Å². The van der Waals surface area contributed by atoms with Crippen molar-refractivity contribution in [2.45, 2.75) is 51.7 Å². The van der Waals surface area contributed by atoms with Crippen LogP contribution in [0.5, 0.6) is 5.75 Å². The standard InChI is InChI=1S/C17H27NO2/c1-4-18-15(17-7-5-6-10-20-17)12-14-11-13(2)8-9-16(14)19-3/h8-9,11,15,17-18H,4-7,10,12H2,1-3H3. The zero-order valence-corrected chi connectivity index (χ0v) is 12.9. The minimum atomic E-state index is 0.328. The monoisotopic (exact) mass is 277 g/mol. The van der Waals surface area contributed by atoms with E-state index in [0.717, 1.165) is 31.7 Å². The average Bonchev–Trinajstić information content (AvgIpc) is 2.48. The van der Waals surface area contributed by atoms with Gasteiger partial charge in [-0.2, -0.15) is 0 Å². The van der Waals surface area contributed by atoms with Crippen LogP contribution in [-0.2, 0) is 11.2 Å². The topological polar surface area (TPSA) is 30.5 Å². The summed E-state index contributed by atoms with van der Waals surface area (Å²) in [6.45, 7) is 6.15. The van der Waals surface area contributed by atoms with Gasteiger partial charge in [0.05, 0.1) is 13.2 Å². The lowest BCUT2D eigenvalue weighted by Crippen LogP contribution is -2.44. The molecule has 3 heteroatoms. The van der Waals surface area contributed by atoms with Gasteiger partial charge in [0.15, 0.2) is 0 Å². The summed E-state index contributed by atoms with van der Waals surface area (Å²) < 4.78 is 11.5. The number of likely N-dealkylation sites (N-methyl/N-ethyl adjacent to an activating group) is 1. The highest BCUT2D eigenvalue weighted by Crippen LogP contribution is 2.24. The molecule has 1 heterocycles. The number of nitrogens with one attached hydrogen (secondary N) is 1. The van der Waals surface area contributed by atoms with Crippen LogP contribution in [0.1, 0.15) is 37.3 Å². The van der Waals surface area contributed by atoms with Crippen molar-refractivity contribution in [1.29, 1.82) is 0 Å². The Morgan fingerprint density at radius 1 is 1.40 bits per heavy atom. The highest BCUT2D eigenvalue weighted by molar-refractivity contribution is 5.37. The van der Waals surface area contributed by atoms with Crippen LogP contribution in [0.2, 0.25) is 0 Å². The van der Waals surface area contributed by atoms with Gasteiger partial charge in [-0.1, -0.05) is 24.6 Å². The van der Waals surface area contributed by atoms with Crippen molar-refractivity contribution in [3.05, 3.63) is 29.3 Å². The van der Waals surface area contributed by atoms with Crippen LogP contribution >= 0.6 is 0 Å². The Balaban J connectivity index is 2.12. The van der Waals surface area contributed by atoms with Crippen LogP contribution in [-0.4, -0.2) is 32.4 Å². The Kier molecular flexibility index (Phi) is 5.86. The Bertz CT molecular complexity index is 413. The molecule has 1 aromatic rings. The molecule has 1 N–H and O–H groups in total. The lowest BCUT2D eigenvalue weighted by molar-refractivity contribution is -0.00717. The van der Waals surface area contributed by atoms with Crippen LogP contribution < -0.4 is 10.1 Å². The summed E-state index contributed by atoms with van der Waals surface area (Å²) >= 11 is 0. The lowest BCUT2D eigenvalue weighted by Gasteiger charge is -2.31. The van der Waals surface area contributed by atoms with Gasteiger partial charge >= 0.3 is 0 Å². The quantitative estimate of drug-likeness (QED) is 0.866. The van der Waals surface area contributed by atoms with Gasteiger partial charge in [0.2, 0.25) is 0 Å². The highest BCUT2D eigenvalue weighted by atomic mass is 16.5. The van der Waals surface area contributed by atoms with E-state index in [1.54, 1.807) is 7.11 Å². The maximum atomic E-state index is 5.97. The first-order valence-corrected chi connectivity index (χ1v) is 7.73. The molecule has 1 fully saturated rings. The summed E-state index contributed by atoms with van der Waals surface area (Å²) in [5, 5.41) is 3.59. The van der Waals surface area contributed by atoms with Gasteiger partial charge in [0, 0.05) is 12.6 Å². The summed E-state index contributed by atoms with van der Waals surface area (Å²) in [7, 11) is 1.74. The molecule has 112 valence electrons. The van der Waals surface area contributed by atoms with Gasteiger partial charge in [0.25, 0.3) is 0 Å². The van der Waals surface area contributed by atoms with Crippen molar-refractivity contribution < 1.29 is 9.47 Å². The molecule has 1 saturated heterocycles. The van der Waals surface area contributed by atoms with Crippen molar-refractivity contribution in [2.75, 3.05) is 20.3 Å². The van der Waals surface area contributed by atoms with Gasteiger partial charge in [0.1, 0.15) is 5.75 Å². The SMILES string of the molecule is CCNC(Cc1cc(C)ccc1OC)C1CCCCO1. The van der Waals surface area contributed by atoms with Gasteiger partial charge in [-0.25, -0.2) is 0 Å². The molecule has 0 saturated carbocycles. The van der Waals surface area contributed by atoms with E-state index in [1.807, 2.05) is 0 Å². The second-order valence-electron chi connectivity index (χ2n) is 5.59. The smallest absolute Gasteiger partial charge is 0.122 e. The highest BCUT2D eigenvalue weighted by Gasteiger charge is 2.25. The third kappa shape index (κ3) is 3.97. The first-order valence-electron chi connectivity index (χ1n) is 7.73. The van der Waals surface area contributed by atoms with E-state index < -0.39 is 0 Å². The number of benzene rings is 1. The summed E-state index contributed by atoms with van der Waals surface area (Å²) in [5.74, 6) is 0.981. The molecular formula is C17H27NO2. The van der Waals surface area contributed by atoms with Crippen molar-refractivity contribution in [3.63, 3.8) is 0 Å². The second-order valence-corrected chi connectivity index (χ2v) is 5.59. The van der Waals surface area contributed by atoms with Crippen molar-refractivity contribution in [1.82, 2.24) is 5.32 Å². The number of rotatable bonds is 6. The van der Waals surface area contributed by atoms with Crippen molar-refractivity contribution >= 4 is 0 Å². The maximum absolute atomic E-state index is 5.97. The van der Waals surface area contributed by atoms with E-state index in [1.165, 1.54) is 24.0 Å². The third-order valence-corrected chi connectivity index (χ3v) is 4.01. The number of hydrogen-bond acceptors (Lipinski definition) is 3. The van der Waals surface area contributed by atoms with Crippen LogP contribution in [0.4, 0.5) is 0 Å². The summed E-state index contributed by atoms with van der Waals surface area (Å²) in [5.41, 5.74) is 2.55. The fourth-order valence-corrected chi connectivity index (χ4v) is 2.98. The van der Waals surface area contributed by atoms with E-state index in [4.69, 9.17) is 9.47 Å². The van der Waals surface area contributed by atoms with Crippen molar-refractivity contribution in [3.8, 4) is 5.75 Å². The number of aryl methyl sites for hydroxylation is 1. The van der Waals surface area contributed by atoms with E-state index in [-0.39, 0.29) is 0 Å². The van der Waals surface area contributed by atoms with Crippen LogP contribution in [0.25, 0.3) is 0 Å². The normalized spacial score (nSPS) is 20.6. The molecule has 0 radical (unpaired) electrons. The largest absolute Gasteiger partial charge is 0.496 e. The van der Waals surface area contributed by atoms with Crippen LogP contribution in [0, 0.1) is 6.92 Å². The molecule has 1 aliphatic rings. The molecule has 0 bridgehead atoms. The van der Waals surface area contributed by atoms with Crippen LogP contribution in [0.15, 0.2) is 18.2 Å². The lowest BCUT2D eigenvalue weighted by atomic mass is 9.95. The Morgan fingerprint density at radius 2 is 2.25 bits per heavy atom. The predicted octanol–water partition coefficient (Wildman–Crippen LogP) is 3.09. The fourth-order valence-electron chi connectivity index (χ4n) is 2.98. The minimum Gasteiger partial charge on any atom is -0.496 e. The number of ether oxygens (including phenoxy) is 2. The predicted molar refractivity (Wildman–Crippen MR) is 82.5 cm³/mol. The first kappa shape index (κ1) is 15.3. The van der Waals surface area contributed by atoms with Gasteiger partial charge in [-0.05, 0) is 50.8 Å². The molecule has 0 aliphatic carbocycles. The molecule has 2 atom stereocenters. The average molecular weight is 277 g/mol. The number of hydrogen-bond donors (Lipinski definition) is 1. The zero-order chi connectivity index (χ0) is 14.4. The van der Waals surface area contributed by atoms with E-state index in [2.05, 4.69) is 37.4 Å². The van der Waals surface area contributed by atoms with E-state index in [9.17, 15) is 0 Å². The maximum Gasteiger partial charge on any atom is 0.122 e. The Hall–Kier alpha value is -1.06. The van der Waals surface area contributed by atoms with Gasteiger partial charge < -0.3 is 14.8 Å². The Morgan fingerprint density at radius 3 is 2.90 bits per heavy atom.